The molecule has 0 fully saturated rings. The van der Waals surface area contributed by atoms with Gasteiger partial charge in [-0.1, -0.05) is 18.2 Å². The number of anilines is 1. The molecule has 0 aliphatic carbocycles. The Labute approximate surface area is 208 Å². The van der Waals surface area contributed by atoms with Crippen LogP contribution in [0.25, 0.3) is 0 Å². The minimum atomic E-state index is -0.157. The Hall–Kier alpha value is -3.84. The zero-order valence-electron chi connectivity index (χ0n) is 19.8. The number of rotatable bonds is 8. The number of imidazole rings is 1. The predicted octanol–water partition coefficient (Wildman–Crippen LogP) is 3.24. The first-order valence-electron chi connectivity index (χ1n) is 11.4. The first-order valence-corrected chi connectivity index (χ1v) is 12.3. The molecule has 1 aromatic carbocycles. The number of urea groups is 1. The lowest BCUT2D eigenvalue weighted by molar-refractivity contribution is -0.116. The highest BCUT2D eigenvalue weighted by atomic mass is 32.1. The number of ether oxygens (including phenoxy) is 1. The number of hydrogen-bond acceptors (Lipinski definition) is 6. The third kappa shape index (κ3) is 5.81. The molecule has 0 unspecified atom stereocenters. The van der Waals surface area contributed by atoms with E-state index >= 15 is 0 Å². The summed E-state index contributed by atoms with van der Waals surface area (Å²) in [4.78, 5) is 32.3. The van der Waals surface area contributed by atoms with Gasteiger partial charge in [0.15, 0.2) is 0 Å². The molecule has 2 N–H and O–H groups in total. The molecule has 9 nitrogen and oxygen atoms in total. The van der Waals surface area contributed by atoms with Gasteiger partial charge in [0, 0.05) is 44.1 Å². The van der Waals surface area contributed by atoms with Crippen molar-refractivity contribution >= 4 is 28.3 Å². The minimum Gasteiger partial charge on any atom is -0.496 e. The molecule has 35 heavy (non-hydrogen) atoms. The Morgan fingerprint density at radius 3 is 2.86 bits per heavy atom. The highest BCUT2D eigenvalue weighted by Crippen LogP contribution is 2.36. The van der Waals surface area contributed by atoms with E-state index in [1.54, 1.807) is 18.3 Å². The summed E-state index contributed by atoms with van der Waals surface area (Å²) in [5, 5.41) is 16.2. The van der Waals surface area contributed by atoms with E-state index in [-0.39, 0.29) is 18.4 Å². The number of carbonyl (C=O) groups excluding carboxylic acids is 2. The lowest BCUT2D eigenvalue weighted by atomic mass is 10.0. The highest BCUT2D eigenvalue weighted by Gasteiger charge is 2.27. The van der Waals surface area contributed by atoms with Crippen molar-refractivity contribution in [1.29, 1.82) is 5.26 Å². The van der Waals surface area contributed by atoms with Gasteiger partial charge in [-0.05, 0) is 30.0 Å². The standard InChI is InChI=1S/C25H28N6O3S/c1-30-14-18(28-16-30)9-11-27-25(33)31-12-10-19-20(13-26)24(35-22(19)15-31)29-23(32)8-7-17-5-3-4-6-21(17)34-2/h3-6,14,16H,7-12,15H2,1-2H3,(H,27,33)(H,29,32). The normalized spacial score (nSPS) is 12.5. The molecule has 1 aliphatic rings. The number of aromatic nitrogens is 2. The van der Waals surface area contributed by atoms with Gasteiger partial charge in [-0.2, -0.15) is 5.26 Å². The number of amides is 3. The number of nitrogens with one attached hydrogen (secondary N) is 2. The zero-order chi connectivity index (χ0) is 24.8. The second-order valence-electron chi connectivity index (χ2n) is 8.36. The van der Waals surface area contributed by atoms with Crippen molar-refractivity contribution in [3.63, 3.8) is 0 Å². The maximum atomic E-state index is 12.7. The number of benzene rings is 1. The van der Waals surface area contributed by atoms with Crippen LogP contribution < -0.4 is 15.4 Å². The molecular formula is C25H28N6O3S. The van der Waals surface area contributed by atoms with Crippen LogP contribution in [0.2, 0.25) is 0 Å². The van der Waals surface area contributed by atoms with E-state index in [0.29, 0.717) is 49.5 Å². The van der Waals surface area contributed by atoms with E-state index in [0.717, 1.165) is 27.4 Å². The summed E-state index contributed by atoms with van der Waals surface area (Å²) in [6, 6.07) is 9.72. The average molecular weight is 493 g/mol. The summed E-state index contributed by atoms with van der Waals surface area (Å²) < 4.78 is 7.23. The van der Waals surface area contributed by atoms with Crippen molar-refractivity contribution in [2.75, 3.05) is 25.5 Å². The first-order chi connectivity index (χ1) is 17.0. The van der Waals surface area contributed by atoms with Crippen LogP contribution in [0, 0.1) is 11.3 Å². The molecule has 0 atom stereocenters. The molecule has 3 heterocycles. The van der Waals surface area contributed by atoms with Gasteiger partial charge in [-0.25, -0.2) is 9.78 Å². The number of para-hydroxylation sites is 1. The fourth-order valence-electron chi connectivity index (χ4n) is 4.14. The molecule has 0 spiro atoms. The molecule has 2 aromatic heterocycles. The maximum Gasteiger partial charge on any atom is 0.317 e. The molecular weight excluding hydrogens is 464 g/mol. The van der Waals surface area contributed by atoms with Crippen molar-refractivity contribution in [2.24, 2.45) is 7.05 Å². The van der Waals surface area contributed by atoms with Crippen LogP contribution >= 0.6 is 11.3 Å². The molecule has 3 aromatic rings. The minimum absolute atomic E-state index is 0.138. The summed E-state index contributed by atoms with van der Waals surface area (Å²) in [6.45, 7) is 1.44. The van der Waals surface area contributed by atoms with Crippen LogP contribution in [0.15, 0.2) is 36.8 Å². The van der Waals surface area contributed by atoms with Crippen molar-refractivity contribution in [2.45, 2.75) is 32.2 Å². The molecule has 0 saturated carbocycles. The zero-order valence-corrected chi connectivity index (χ0v) is 20.7. The van der Waals surface area contributed by atoms with Crippen LogP contribution in [0.1, 0.15) is 33.7 Å². The van der Waals surface area contributed by atoms with Crippen LogP contribution in [-0.4, -0.2) is 46.6 Å². The second kappa shape index (κ2) is 11.1. The van der Waals surface area contributed by atoms with Crippen LogP contribution in [0.5, 0.6) is 5.75 Å². The lowest BCUT2D eigenvalue weighted by Crippen LogP contribution is -2.43. The van der Waals surface area contributed by atoms with Crippen molar-refractivity contribution in [3.05, 3.63) is 64.1 Å². The number of nitrogens with zero attached hydrogens (tertiary/aromatic N) is 4. The Morgan fingerprint density at radius 2 is 2.11 bits per heavy atom. The molecule has 0 bridgehead atoms. The number of methoxy groups -OCH3 is 1. The smallest absolute Gasteiger partial charge is 0.317 e. The van der Waals surface area contributed by atoms with Gasteiger partial charge >= 0.3 is 6.03 Å². The van der Waals surface area contributed by atoms with E-state index in [1.165, 1.54) is 11.3 Å². The van der Waals surface area contributed by atoms with Gasteiger partial charge in [0.05, 0.1) is 31.2 Å². The van der Waals surface area contributed by atoms with Crippen molar-refractivity contribution < 1.29 is 14.3 Å². The SMILES string of the molecule is COc1ccccc1CCC(=O)Nc1sc2c(c1C#N)CCN(C(=O)NCCc1cn(C)cn1)C2. The summed E-state index contributed by atoms with van der Waals surface area (Å²) in [6.07, 6.45) is 5.73. The number of nitriles is 1. The molecule has 0 saturated heterocycles. The molecule has 4 rings (SSSR count). The van der Waals surface area contributed by atoms with Crippen LogP contribution in [0.3, 0.4) is 0 Å². The first kappa shape index (κ1) is 24.3. The number of thiophene rings is 1. The van der Waals surface area contributed by atoms with Crippen molar-refractivity contribution in [1.82, 2.24) is 19.8 Å². The Morgan fingerprint density at radius 1 is 1.29 bits per heavy atom. The maximum absolute atomic E-state index is 12.7. The molecule has 182 valence electrons. The Bertz CT molecular complexity index is 1260. The van der Waals surface area contributed by atoms with Crippen LogP contribution in [-0.2, 0) is 37.6 Å². The summed E-state index contributed by atoms with van der Waals surface area (Å²) in [5.74, 6) is 0.595. The van der Waals surface area contributed by atoms with Crippen molar-refractivity contribution in [3.8, 4) is 11.8 Å². The molecule has 0 radical (unpaired) electrons. The van der Waals surface area contributed by atoms with Gasteiger partial charge in [0.2, 0.25) is 5.91 Å². The number of carbonyl (C=O) groups is 2. The van der Waals surface area contributed by atoms with Gasteiger partial charge in [0.1, 0.15) is 16.8 Å². The van der Waals surface area contributed by atoms with Crippen LogP contribution in [0.4, 0.5) is 9.80 Å². The molecule has 10 heteroatoms. The average Bonchev–Trinajstić information content (AvgIpc) is 3.44. The number of fused-ring (bicyclic) bond motifs is 1. The number of hydrogen-bond donors (Lipinski definition) is 2. The van der Waals surface area contributed by atoms with Gasteiger partial charge < -0.3 is 24.8 Å². The number of aryl methyl sites for hydroxylation is 2. The topological polar surface area (TPSA) is 112 Å². The van der Waals surface area contributed by atoms with E-state index in [4.69, 9.17) is 4.74 Å². The van der Waals surface area contributed by atoms with E-state index < -0.39 is 0 Å². The van der Waals surface area contributed by atoms with Gasteiger partial charge in [-0.3, -0.25) is 4.79 Å². The summed E-state index contributed by atoms with van der Waals surface area (Å²) in [7, 11) is 3.52. The van der Waals surface area contributed by atoms with E-state index in [9.17, 15) is 14.9 Å². The monoisotopic (exact) mass is 492 g/mol. The lowest BCUT2D eigenvalue weighted by Gasteiger charge is -2.27. The second-order valence-corrected chi connectivity index (χ2v) is 9.47. The third-order valence-electron chi connectivity index (χ3n) is 5.94. The molecule has 3 amide bonds. The highest BCUT2D eigenvalue weighted by molar-refractivity contribution is 7.16. The fraction of sp³-hybridized carbons (Fsp3) is 0.360. The van der Waals surface area contributed by atoms with E-state index in [1.807, 2.05) is 42.1 Å². The fourth-order valence-corrected chi connectivity index (χ4v) is 5.37. The van der Waals surface area contributed by atoms with Gasteiger partial charge in [-0.15, -0.1) is 11.3 Å². The quantitative estimate of drug-likeness (QED) is 0.501. The predicted molar refractivity (Wildman–Crippen MR) is 133 cm³/mol. The van der Waals surface area contributed by atoms with Gasteiger partial charge in [0.25, 0.3) is 0 Å². The third-order valence-corrected chi connectivity index (χ3v) is 7.07. The molecule has 1 aliphatic heterocycles. The Kier molecular flexibility index (Phi) is 7.67. The van der Waals surface area contributed by atoms with E-state index in [2.05, 4.69) is 21.7 Å². The summed E-state index contributed by atoms with van der Waals surface area (Å²) in [5.41, 5.74) is 3.32. The largest absolute Gasteiger partial charge is 0.496 e. The Balaban J connectivity index is 1.34. The summed E-state index contributed by atoms with van der Waals surface area (Å²) >= 11 is 1.38.